The molecule has 0 bridgehead atoms. The number of Topliss-reactive ketones (excluding diaryl/α,β-unsaturated/α-hetero) is 1. The number of nitrogens with one attached hydrogen (secondary N) is 1. The van der Waals surface area contributed by atoms with Gasteiger partial charge in [0.2, 0.25) is 5.78 Å². The second-order valence-corrected chi connectivity index (χ2v) is 1.39. The number of carbonyl (C=O) groups excluding carboxylic acids is 2. The number of hydrogen-bond donors (Lipinski definition) is 1. The number of carbonyl (C=O) groups is 2. The van der Waals surface area contributed by atoms with Crippen molar-refractivity contribution in [3.63, 3.8) is 0 Å². The van der Waals surface area contributed by atoms with Crippen molar-refractivity contribution in [1.82, 2.24) is 5.32 Å². The lowest BCUT2D eigenvalue weighted by Crippen LogP contribution is -2.28. The summed E-state index contributed by atoms with van der Waals surface area (Å²) in [5.74, 6) is -1.48. The molecule has 0 saturated carbocycles. The summed E-state index contributed by atoms with van der Waals surface area (Å²) in [5, 5.41) is 5.01. The first-order valence-electron chi connectivity index (χ1n) is 2.48. The van der Waals surface area contributed by atoms with E-state index in [2.05, 4.69) is 15.3 Å². The van der Waals surface area contributed by atoms with Gasteiger partial charge in [-0.2, -0.15) is 0 Å². The average Bonchev–Trinajstić information content (AvgIpc) is 1.98. The Morgan fingerprint density at radius 1 is 1.70 bits per heavy atom. The molecule has 0 fully saturated rings. The van der Waals surface area contributed by atoms with Gasteiger partial charge < -0.3 is 5.32 Å². The summed E-state index contributed by atoms with van der Waals surface area (Å²) in [6, 6.07) is 0. The molecule has 0 aromatic heterocycles. The number of nitrogens with zero attached hydrogens (tertiary/aromatic N) is 3. The maximum absolute atomic E-state index is 10.5. The van der Waals surface area contributed by atoms with E-state index in [9.17, 15) is 9.59 Å². The summed E-state index contributed by atoms with van der Waals surface area (Å²) < 4.78 is 0. The van der Waals surface area contributed by atoms with Gasteiger partial charge in [0.05, 0.1) is 6.54 Å². The van der Waals surface area contributed by atoms with Crippen molar-refractivity contribution in [2.24, 2.45) is 5.11 Å². The van der Waals surface area contributed by atoms with Crippen molar-refractivity contribution >= 4 is 11.7 Å². The predicted octanol–water partition coefficient (Wildman–Crippen LogP) is -0.388. The third-order valence-corrected chi connectivity index (χ3v) is 0.758. The fourth-order valence-corrected chi connectivity index (χ4v) is 0.307. The second kappa shape index (κ2) is 4.34. The van der Waals surface area contributed by atoms with E-state index in [-0.39, 0.29) is 0 Å². The molecule has 0 radical (unpaired) electrons. The Morgan fingerprint density at radius 2 is 2.30 bits per heavy atom. The Kier molecular flexibility index (Phi) is 3.67. The van der Waals surface area contributed by atoms with Crippen molar-refractivity contribution in [3.05, 3.63) is 10.4 Å². The lowest BCUT2D eigenvalue weighted by atomic mass is 10.4. The maximum Gasteiger partial charge on any atom is 0.287 e. The van der Waals surface area contributed by atoms with E-state index < -0.39 is 18.2 Å². The van der Waals surface area contributed by atoms with Crippen LogP contribution in [0.2, 0.25) is 0 Å². The molecular weight excluding hydrogens is 136 g/mol. The van der Waals surface area contributed by atoms with Crippen molar-refractivity contribution in [2.45, 2.75) is 0 Å². The zero-order chi connectivity index (χ0) is 7.98. The molecule has 1 N–H and O–H groups in total. The molecule has 6 nitrogen and oxygen atoms in total. The molecule has 0 aromatic carbocycles. The van der Waals surface area contributed by atoms with Gasteiger partial charge in [-0.15, -0.1) is 0 Å². The standard InChI is InChI=1S/C4H6N4O2/c1-6-4(10)3(9)2-7-8-5/h2H2,1H3,(H,6,10). The summed E-state index contributed by atoms with van der Waals surface area (Å²) in [6.07, 6.45) is 0. The Labute approximate surface area is 56.8 Å². The van der Waals surface area contributed by atoms with E-state index in [0.29, 0.717) is 0 Å². The highest BCUT2D eigenvalue weighted by atomic mass is 16.2. The number of azide groups is 1. The van der Waals surface area contributed by atoms with Crippen LogP contribution in [0.3, 0.4) is 0 Å². The molecule has 0 saturated heterocycles. The van der Waals surface area contributed by atoms with Gasteiger partial charge in [0.15, 0.2) is 0 Å². The number of hydrogen-bond acceptors (Lipinski definition) is 3. The van der Waals surface area contributed by atoms with Crippen molar-refractivity contribution in [2.75, 3.05) is 13.6 Å². The number of ketones is 1. The fourth-order valence-electron chi connectivity index (χ4n) is 0.307. The van der Waals surface area contributed by atoms with Crippen LogP contribution in [0.25, 0.3) is 10.4 Å². The summed E-state index contributed by atoms with van der Waals surface area (Å²) in [6.45, 7) is -0.420. The van der Waals surface area contributed by atoms with Gasteiger partial charge in [-0.3, -0.25) is 9.59 Å². The molecule has 1 amide bonds. The molecule has 0 aliphatic carbocycles. The zero-order valence-electron chi connectivity index (χ0n) is 5.37. The summed E-state index contributed by atoms with van der Waals surface area (Å²) >= 11 is 0. The van der Waals surface area contributed by atoms with E-state index >= 15 is 0 Å². The smallest absolute Gasteiger partial charge is 0.287 e. The molecule has 0 unspecified atom stereocenters. The molecule has 0 aliphatic rings. The first-order chi connectivity index (χ1) is 4.72. The Morgan fingerprint density at radius 3 is 2.70 bits per heavy atom. The first-order valence-corrected chi connectivity index (χ1v) is 2.48. The molecular formula is C4H6N4O2. The van der Waals surface area contributed by atoms with Crippen LogP contribution >= 0.6 is 0 Å². The molecule has 0 atom stereocenters. The SMILES string of the molecule is CNC(=O)C(=O)CN=[N+]=[N-]. The fraction of sp³-hybridized carbons (Fsp3) is 0.500. The number of rotatable bonds is 3. The van der Waals surface area contributed by atoms with Crippen LogP contribution in [-0.2, 0) is 9.59 Å². The Bertz CT molecular complexity index is 193. The van der Waals surface area contributed by atoms with E-state index in [1.54, 1.807) is 0 Å². The molecule has 6 heteroatoms. The van der Waals surface area contributed by atoms with Gasteiger partial charge in [-0.1, -0.05) is 5.11 Å². The monoisotopic (exact) mass is 142 g/mol. The Balaban J connectivity index is 3.85. The van der Waals surface area contributed by atoms with Gasteiger partial charge in [0.25, 0.3) is 5.91 Å². The van der Waals surface area contributed by atoms with Crippen LogP contribution in [0.5, 0.6) is 0 Å². The van der Waals surface area contributed by atoms with E-state index in [1.165, 1.54) is 7.05 Å². The summed E-state index contributed by atoms with van der Waals surface area (Å²) in [7, 11) is 1.33. The van der Waals surface area contributed by atoms with Gasteiger partial charge >= 0.3 is 0 Å². The molecule has 10 heavy (non-hydrogen) atoms. The third-order valence-electron chi connectivity index (χ3n) is 0.758. The zero-order valence-corrected chi connectivity index (χ0v) is 5.37. The molecule has 0 aliphatic heterocycles. The highest BCUT2D eigenvalue weighted by Crippen LogP contribution is 1.75. The minimum absolute atomic E-state index is 0.420. The molecule has 0 spiro atoms. The number of likely N-dealkylation sites (N-methyl/N-ethyl adjacent to an activating group) is 1. The van der Waals surface area contributed by atoms with Crippen LogP contribution in [0.4, 0.5) is 0 Å². The van der Waals surface area contributed by atoms with Gasteiger partial charge in [0.1, 0.15) is 0 Å². The van der Waals surface area contributed by atoms with Gasteiger partial charge in [-0.05, 0) is 5.53 Å². The molecule has 0 aromatic rings. The van der Waals surface area contributed by atoms with Gasteiger partial charge in [0, 0.05) is 12.0 Å². The minimum atomic E-state index is -0.743. The summed E-state index contributed by atoms with van der Waals surface area (Å²) in [4.78, 5) is 23.1. The van der Waals surface area contributed by atoms with Crippen LogP contribution in [0.15, 0.2) is 5.11 Å². The second-order valence-electron chi connectivity index (χ2n) is 1.39. The first kappa shape index (κ1) is 8.45. The van der Waals surface area contributed by atoms with Crippen LogP contribution in [0.1, 0.15) is 0 Å². The van der Waals surface area contributed by atoms with Crippen LogP contribution in [-0.4, -0.2) is 25.3 Å². The molecule has 0 rings (SSSR count). The molecule has 0 heterocycles. The largest absolute Gasteiger partial charge is 0.353 e. The summed E-state index contributed by atoms with van der Waals surface area (Å²) in [5.41, 5.74) is 7.74. The maximum atomic E-state index is 10.5. The van der Waals surface area contributed by atoms with E-state index in [4.69, 9.17) is 5.53 Å². The quantitative estimate of drug-likeness (QED) is 0.251. The van der Waals surface area contributed by atoms with E-state index in [0.717, 1.165) is 0 Å². The highest BCUT2D eigenvalue weighted by Gasteiger charge is 2.08. The minimum Gasteiger partial charge on any atom is -0.353 e. The average molecular weight is 142 g/mol. The topological polar surface area (TPSA) is 94.9 Å². The number of amides is 1. The predicted molar refractivity (Wildman–Crippen MR) is 33.1 cm³/mol. The molecule has 54 valence electrons. The Hall–Kier alpha value is -1.55. The lowest BCUT2D eigenvalue weighted by Gasteiger charge is -1.91. The van der Waals surface area contributed by atoms with Crippen LogP contribution in [0, 0.1) is 0 Å². The highest BCUT2D eigenvalue weighted by molar-refractivity contribution is 6.36. The van der Waals surface area contributed by atoms with Crippen molar-refractivity contribution < 1.29 is 9.59 Å². The van der Waals surface area contributed by atoms with Crippen LogP contribution < -0.4 is 5.32 Å². The van der Waals surface area contributed by atoms with Crippen molar-refractivity contribution in [3.8, 4) is 0 Å². The normalized spacial score (nSPS) is 7.70. The van der Waals surface area contributed by atoms with Crippen molar-refractivity contribution in [1.29, 1.82) is 0 Å². The lowest BCUT2D eigenvalue weighted by molar-refractivity contribution is -0.136. The van der Waals surface area contributed by atoms with E-state index in [1.807, 2.05) is 0 Å². The van der Waals surface area contributed by atoms with Gasteiger partial charge in [-0.25, -0.2) is 0 Å². The third kappa shape index (κ3) is 2.68.